The Hall–Kier alpha value is -3.08. The highest BCUT2D eigenvalue weighted by Gasteiger charge is 2.18. The number of benzene rings is 2. The van der Waals surface area contributed by atoms with Gasteiger partial charge in [-0.1, -0.05) is 30.3 Å². The van der Waals surface area contributed by atoms with Gasteiger partial charge >= 0.3 is 5.63 Å². The molecule has 0 saturated heterocycles. The Morgan fingerprint density at radius 3 is 2.58 bits per heavy atom. The summed E-state index contributed by atoms with van der Waals surface area (Å²) in [7, 11) is 3.21. The molecule has 3 aromatic rings. The highest BCUT2D eigenvalue weighted by Crippen LogP contribution is 2.20. The lowest BCUT2D eigenvalue weighted by Gasteiger charge is -2.16. The Labute approximate surface area is 139 Å². The summed E-state index contributed by atoms with van der Waals surface area (Å²) in [5.41, 5.74) is 0.773. The molecular weight excluding hydrogens is 306 g/mol. The fourth-order valence-electron chi connectivity index (χ4n) is 2.51. The molecule has 3 rings (SSSR count). The van der Waals surface area contributed by atoms with Crippen molar-refractivity contribution in [3.8, 4) is 5.75 Å². The van der Waals surface area contributed by atoms with E-state index in [4.69, 9.17) is 9.15 Å². The van der Waals surface area contributed by atoms with Crippen molar-refractivity contribution in [2.75, 3.05) is 14.2 Å². The van der Waals surface area contributed by atoms with Gasteiger partial charge in [-0.2, -0.15) is 0 Å². The van der Waals surface area contributed by atoms with E-state index in [-0.39, 0.29) is 11.5 Å². The molecule has 0 aliphatic carbocycles. The zero-order valence-corrected chi connectivity index (χ0v) is 13.5. The maximum Gasteiger partial charge on any atom is 0.349 e. The first-order chi connectivity index (χ1) is 11.6. The van der Waals surface area contributed by atoms with Crippen LogP contribution in [0.4, 0.5) is 0 Å². The molecule has 0 saturated carbocycles. The van der Waals surface area contributed by atoms with Crippen LogP contribution in [0.15, 0.2) is 63.8 Å². The fourth-order valence-corrected chi connectivity index (χ4v) is 2.51. The van der Waals surface area contributed by atoms with Crippen molar-refractivity contribution in [2.24, 2.45) is 0 Å². The fraction of sp³-hybridized carbons (Fsp3) is 0.158. The second-order valence-corrected chi connectivity index (χ2v) is 5.50. The maximum absolute atomic E-state index is 12.6. The van der Waals surface area contributed by atoms with Gasteiger partial charge in [0.2, 0.25) is 0 Å². The third-order valence-corrected chi connectivity index (χ3v) is 3.78. The molecule has 0 aliphatic heterocycles. The third-order valence-electron chi connectivity index (χ3n) is 3.78. The van der Waals surface area contributed by atoms with Crippen molar-refractivity contribution >= 4 is 16.9 Å². The van der Waals surface area contributed by atoms with E-state index in [0.29, 0.717) is 23.3 Å². The molecule has 24 heavy (non-hydrogen) atoms. The smallest absolute Gasteiger partial charge is 0.349 e. The average Bonchev–Trinajstić information content (AvgIpc) is 2.61. The number of rotatable bonds is 4. The predicted octanol–water partition coefficient (Wildman–Crippen LogP) is 3.07. The normalized spacial score (nSPS) is 10.6. The number of carbonyl (C=O) groups is 1. The topological polar surface area (TPSA) is 59.8 Å². The van der Waals surface area contributed by atoms with Gasteiger partial charge in [0.1, 0.15) is 16.9 Å². The first-order valence-corrected chi connectivity index (χ1v) is 7.50. The van der Waals surface area contributed by atoms with Crippen LogP contribution in [-0.4, -0.2) is 25.0 Å². The van der Waals surface area contributed by atoms with Gasteiger partial charge in [0.25, 0.3) is 5.91 Å². The molecular formula is C19H17NO4. The zero-order chi connectivity index (χ0) is 17.1. The summed E-state index contributed by atoms with van der Waals surface area (Å²) >= 11 is 0. The van der Waals surface area contributed by atoms with E-state index < -0.39 is 5.63 Å². The lowest BCUT2D eigenvalue weighted by molar-refractivity contribution is 0.0781. The van der Waals surface area contributed by atoms with Crippen LogP contribution < -0.4 is 10.4 Å². The largest absolute Gasteiger partial charge is 0.497 e. The van der Waals surface area contributed by atoms with E-state index in [2.05, 4.69) is 0 Å². The van der Waals surface area contributed by atoms with Crippen LogP contribution in [0.2, 0.25) is 0 Å². The predicted molar refractivity (Wildman–Crippen MR) is 91.3 cm³/mol. The van der Waals surface area contributed by atoms with Gasteiger partial charge in [0, 0.05) is 19.0 Å². The van der Waals surface area contributed by atoms with Crippen LogP contribution in [0.25, 0.3) is 11.0 Å². The van der Waals surface area contributed by atoms with Crippen molar-refractivity contribution in [2.45, 2.75) is 6.54 Å². The van der Waals surface area contributed by atoms with E-state index in [1.54, 1.807) is 38.4 Å². The van der Waals surface area contributed by atoms with E-state index in [0.717, 1.165) is 5.56 Å². The van der Waals surface area contributed by atoms with Gasteiger partial charge in [-0.05, 0) is 29.8 Å². The van der Waals surface area contributed by atoms with Gasteiger partial charge in [0.05, 0.1) is 7.11 Å². The second kappa shape index (κ2) is 6.58. The summed E-state index contributed by atoms with van der Waals surface area (Å²) in [5, 5.41) is 0.644. The van der Waals surface area contributed by atoms with Gasteiger partial charge < -0.3 is 14.1 Å². The second-order valence-electron chi connectivity index (χ2n) is 5.50. The molecule has 122 valence electrons. The van der Waals surface area contributed by atoms with Crippen molar-refractivity contribution in [1.82, 2.24) is 4.90 Å². The Kier molecular flexibility index (Phi) is 4.33. The van der Waals surface area contributed by atoms with Crippen molar-refractivity contribution in [1.29, 1.82) is 0 Å². The molecule has 0 radical (unpaired) electrons. The molecule has 0 N–H and O–H groups in total. The first kappa shape index (κ1) is 15.8. The maximum atomic E-state index is 12.6. The quantitative estimate of drug-likeness (QED) is 0.692. The summed E-state index contributed by atoms with van der Waals surface area (Å²) in [6, 6.07) is 16.2. The minimum absolute atomic E-state index is 0.00850. The minimum atomic E-state index is -0.641. The number of nitrogens with zero attached hydrogens (tertiary/aromatic N) is 1. The van der Waals surface area contributed by atoms with Crippen LogP contribution >= 0.6 is 0 Å². The van der Waals surface area contributed by atoms with E-state index in [9.17, 15) is 9.59 Å². The van der Waals surface area contributed by atoms with Crippen LogP contribution in [0.5, 0.6) is 5.75 Å². The number of carbonyl (C=O) groups excluding carboxylic acids is 1. The molecule has 1 amide bonds. The van der Waals surface area contributed by atoms with Gasteiger partial charge in [-0.3, -0.25) is 4.79 Å². The molecule has 5 heteroatoms. The Balaban J connectivity index is 1.93. The van der Waals surface area contributed by atoms with Crippen LogP contribution in [-0.2, 0) is 6.54 Å². The Morgan fingerprint density at radius 1 is 1.12 bits per heavy atom. The van der Waals surface area contributed by atoms with Crippen molar-refractivity contribution < 1.29 is 13.9 Å². The van der Waals surface area contributed by atoms with E-state index in [1.165, 1.54) is 4.90 Å². The third kappa shape index (κ3) is 3.15. The zero-order valence-electron chi connectivity index (χ0n) is 13.5. The molecule has 2 aromatic carbocycles. The summed E-state index contributed by atoms with van der Waals surface area (Å²) < 4.78 is 10.4. The Bertz CT molecular complexity index is 931. The molecule has 1 heterocycles. The summed E-state index contributed by atoms with van der Waals surface area (Å²) in [6.07, 6.45) is 0. The first-order valence-electron chi connectivity index (χ1n) is 7.50. The highest BCUT2D eigenvalue weighted by atomic mass is 16.5. The van der Waals surface area contributed by atoms with Crippen LogP contribution in [0, 0.1) is 0 Å². The van der Waals surface area contributed by atoms with Crippen LogP contribution in [0.3, 0.4) is 0 Å². The summed E-state index contributed by atoms with van der Waals surface area (Å²) in [6.45, 7) is 0.412. The number of fused-ring (bicyclic) bond motifs is 1. The molecule has 0 fully saturated rings. The highest BCUT2D eigenvalue weighted by molar-refractivity contribution is 5.96. The number of ether oxygens (including phenoxy) is 1. The van der Waals surface area contributed by atoms with Crippen molar-refractivity contribution in [3.63, 3.8) is 0 Å². The molecule has 1 aromatic heterocycles. The van der Waals surface area contributed by atoms with E-state index >= 15 is 0 Å². The minimum Gasteiger partial charge on any atom is -0.497 e. The molecule has 0 spiro atoms. The Morgan fingerprint density at radius 2 is 1.88 bits per heavy atom. The monoisotopic (exact) mass is 323 g/mol. The number of amides is 1. The molecule has 5 nitrogen and oxygen atoms in total. The molecule has 0 bridgehead atoms. The SMILES string of the molecule is COc1ccc2oc(=O)c(C(=O)N(C)Cc3ccccc3)cc2c1. The van der Waals surface area contributed by atoms with Crippen LogP contribution in [0.1, 0.15) is 15.9 Å². The number of hydrogen-bond acceptors (Lipinski definition) is 4. The van der Waals surface area contributed by atoms with Gasteiger partial charge in [-0.15, -0.1) is 0 Å². The van der Waals surface area contributed by atoms with E-state index in [1.807, 2.05) is 30.3 Å². The molecule has 0 aliphatic rings. The summed E-state index contributed by atoms with van der Waals surface area (Å²) in [4.78, 5) is 26.2. The molecule has 0 atom stereocenters. The lowest BCUT2D eigenvalue weighted by Crippen LogP contribution is -2.30. The number of methoxy groups -OCH3 is 1. The standard InChI is InChI=1S/C19H17NO4/c1-20(12-13-6-4-3-5-7-13)18(21)16-11-14-10-15(23-2)8-9-17(14)24-19(16)22/h3-11H,12H2,1-2H3. The number of hydrogen-bond donors (Lipinski definition) is 0. The summed E-state index contributed by atoms with van der Waals surface area (Å²) in [5.74, 6) is 0.254. The lowest BCUT2D eigenvalue weighted by atomic mass is 10.1. The van der Waals surface area contributed by atoms with Crippen molar-refractivity contribution in [3.05, 3.63) is 76.1 Å². The average molecular weight is 323 g/mol. The van der Waals surface area contributed by atoms with Gasteiger partial charge in [0.15, 0.2) is 0 Å². The van der Waals surface area contributed by atoms with Gasteiger partial charge in [-0.25, -0.2) is 4.79 Å². The molecule has 0 unspecified atom stereocenters.